The van der Waals surface area contributed by atoms with Crippen LogP contribution in [0.25, 0.3) is 0 Å². The molecule has 24 heavy (non-hydrogen) atoms. The number of anilines is 2. The highest BCUT2D eigenvalue weighted by molar-refractivity contribution is 6.35. The first-order valence-electron chi connectivity index (χ1n) is 7.09. The van der Waals surface area contributed by atoms with Gasteiger partial charge >= 0.3 is 5.69 Å². The van der Waals surface area contributed by atoms with Crippen molar-refractivity contribution in [3.8, 4) is 0 Å². The number of fused-ring (bicyclic) bond motifs is 2. The molecule has 0 spiro atoms. The van der Waals surface area contributed by atoms with Gasteiger partial charge in [-0.05, 0) is 24.6 Å². The Balaban J connectivity index is 2.08. The summed E-state index contributed by atoms with van der Waals surface area (Å²) >= 11 is 12.4. The average molecular weight is 364 g/mol. The van der Waals surface area contributed by atoms with Crippen molar-refractivity contribution >= 4 is 34.8 Å². The molecule has 122 valence electrons. The Labute approximate surface area is 145 Å². The Kier molecular flexibility index (Phi) is 3.29. The molecule has 0 bridgehead atoms. The summed E-state index contributed by atoms with van der Waals surface area (Å²) < 4.78 is 0. The third kappa shape index (κ3) is 2.16. The molecular weight excluding hydrogens is 353 g/mol. The first-order valence-corrected chi connectivity index (χ1v) is 7.84. The number of nitrogens with one attached hydrogen (secondary N) is 4. The maximum absolute atomic E-state index is 12.5. The monoisotopic (exact) mass is 363 g/mol. The number of nitrogens with zero attached hydrogens (tertiary/aromatic N) is 1. The van der Waals surface area contributed by atoms with Gasteiger partial charge < -0.3 is 5.32 Å². The fourth-order valence-corrected chi connectivity index (χ4v) is 3.58. The van der Waals surface area contributed by atoms with E-state index >= 15 is 0 Å². The Hall–Kier alpha value is -2.51. The molecule has 4 N–H and O–H groups in total. The highest BCUT2D eigenvalue weighted by atomic mass is 35.5. The van der Waals surface area contributed by atoms with Gasteiger partial charge in [-0.25, -0.2) is 4.79 Å². The van der Waals surface area contributed by atoms with Crippen molar-refractivity contribution < 1.29 is 0 Å². The van der Waals surface area contributed by atoms with Crippen molar-refractivity contribution in [1.82, 2.24) is 20.2 Å². The quantitative estimate of drug-likeness (QED) is 0.417. The van der Waals surface area contributed by atoms with Crippen LogP contribution in [-0.4, -0.2) is 20.2 Å². The molecule has 1 unspecified atom stereocenters. The van der Waals surface area contributed by atoms with Gasteiger partial charge in [-0.2, -0.15) is 5.10 Å². The van der Waals surface area contributed by atoms with E-state index in [4.69, 9.17) is 23.2 Å². The maximum Gasteiger partial charge on any atom is 0.327 e. The molecule has 0 aliphatic carbocycles. The van der Waals surface area contributed by atoms with E-state index in [0.29, 0.717) is 32.8 Å². The Morgan fingerprint density at radius 1 is 1.12 bits per heavy atom. The normalized spacial score (nSPS) is 15.5. The zero-order valence-electron chi connectivity index (χ0n) is 12.3. The lowest BCUT2D eigenvalue weighted by atomic mass is 9.83. The largest absolute Gasteiger partial charge is 0.327 e. The van der Waals surface area contributed by atoms with E-state index in [1.807, 2.05) is 6.92 Å². The van der Waals surface area contributed by atoms with Crippen LogP contribution in [0.4, 0.5) is 11.6 Å². The Morgan fingerprint density at radius 2 is 1.92 bits per heavy atom. The van der Waals surface area contributed by atoms with Crippen LogP contribution in [0.2, 0.25) is 10.0 Å². The molecular formula is C15H11Cl2N5O2. The van der Waals surface area contributed by atoms with Crippen LogP contribution in [0.15, 0.2) is 27.8 Å². The second-order valence-corrected chi connectivity index (χ2v) is 6.38. The second kappa shape index (κ2) is 5.25. The third-order valence-electron chi connectivity index (χ3n) is 4.07. The zero-order chi connectivity index (χ0) is 17.0. The van der Waals surface area contributed by atoms with Gasteiger partial charge in [-0.1, -0.05) is 29.3 Å². The number of aryl methyl sites for hydroxylation is 1. The van der Waals surface area contributed by atoms with Gasteiger partial charge in [0.25, 0.3) is 5.56 Å². The molecule has 7 nitrogen and oxygen atoms in total. The molecule has 1 aliphatic heterocycles. The SMILES string of the molecule is Cc1[nH]nc2c1C(c1ccc(Cl)cc1Cl)c1c([nH]c(=O)[nH]c1=O)N2. The van der Waals surface area contributed by atoms with Gasteiger partial charge in [-0.15, -0.1) is 0 Å². The summed E-state index contributed by atoms with van der Waals surface area (Å²) in [5.74, 6) is 0.358. The van der Waals surface area contributed by atoms with E-state index < -0.39 is 17.2 Å². The summed E-state index contributed by atoms with van der Waals surface area (Å²) in [6.07, 6.45) is 0. The summed E-state index contributed by atoms with van der Waals surface area (Å²) in [5, 5.41) is 11.0. The van der Waals surface area contributed by atoms with Crippen LogP contribution >= 0.6 is 23.2 Å². The fraction of sp³-hybridized carbons (Fsp3) is 0.133. The first kappa shape index (κ1) is 15.0. The molecule has 0 amide bonds. The molecule has 3 aromatic rings. The highest BCUT2D eigenvalue weighted by Crippen LogP contribution is 2.44. The Bertz CT molecular complexity index is 1080. The van der Waals surface area contributed by atoms with Crippen molar-refractivity contribution in [1.29, 1.82) is 0 Å². The summed E-state index contributed by atoms with van der Waals surface area (Å²) in [7, 11) is 0. The van der Waals surface area contributed by atoms with E-state index in [1.165, 1.54) is 0 Å². The number of rotatable bonds is 1. The van der Waals surface area contributed by atoms with Crippen molar-refractivity contribution in [3.05, 3.63) is 71.5 Å². The standard InChI is InChI=1S/C15H11Cl2N5O2/c1-5-9-10(7-3-2-6(16)4-8(7)17)11-12(18-13(9)22-21-5)19-15(24)20-14(11)23/h2-4,10H,1H3,(H4,18,19,20,21,22,23,24). The van der Waals surface area contributed by atoms with Crippen LogP contribution in [0, 0.1) is 6.92 Å². The highest BCUT2D eigenvalue weighted by Gasteiger charge is 2.34. The van der Waals surface area contributed by atoms with Crippen molar-refractivity contribution in [2.75, 3.05) is 5.32 Å². The summed E-state index contributed by atoms with van der Waals surface area (Å²) in [6, 6.07) is 5.10. The van der Waals surface area contributed by atoms with Crippen molar-refractivity contribution in [3.63, 3.8) is 0 Å². The van der Waals surface area contributed by atoms with E-state index in [2.05, 4.69) is 25.5 Å². The van der Waals surface area contributed by atoms with Gasteiger partial charge in [0.15, 0.2) is 5.82 Å². The van der Waals surface area contributed by atoms with Crippen LogP contribution in [0.3, 0.4) is 0 Å². The molecule has 0 fully saturated rings. The van der Waals surface area contributed by atoms with Crippen molar-refractivity contribution in [2.45, 2.75) is 12.8 Å². The Morgan fingerprint density at radius 3 is 2.67 bits per heavy atom. The second-order valence-electron chi connectivity index (χ2n) is 5.53. The van der Waals surface area contributed by atoms with Gasteiger partial charge in [0, 0.05) is 21.3 Å². The van der Waals surface area contributed by atoms with E-state index in [9.17, 15) is 9.59 Å². The van der Waals surface area contributed by atoms with Crippen LogP contribution in [0.5, 0.6) is 0 Å². The van der Waals surface area contributed by atoms with Gasteiger partial charge in [0.2, 0.25) is 0 Å². The number of halogens is 2. The van der Waals surface area contributed by atoms with Gasteiger partial charge in [0.05, 0.1) is 11.5 Å². The number of benzene rings is 1. The molecule has 9 heteroatoms. The molecule has 4 rings (SSSR count). The summed E-state index contributed by atoms with van der Waals surface area (Å²) in [5.41, 5.74) is 1.59. The maximum atomic E-state index is 12.5. The molecule has 1 aromatic carbocycles. The zero-order valence-corrected chi connectivity index (χ0v) is 13.8. The number of hydrogen-bond donors (Lipinski definition) is 4. The third-order valence-corrected chi connectivity index (χ3v) is 4.63. The molecule has 1 aliphatic rings. The smallest absolute Gasteiger partial charge is 0.324 e. The van der Waals surface area contributed by atoms with Crippen LogP contribution < -0.4 is 16.6 Å². The van der Waals surface area contributed by atoms with Crippen molar-refractivity contribution in [2.24, 2.45) is 0 Å². The minimum absolute atomic E-state index is 0.304. The molecule has 2 aromatic heterocycles. The molecule has 3 heterocycles. The van der Waals surface area contributed by atoms with E-state index in [-0.39, 0.29) is 0 Å². The summed E-state index contributed by atoms with van der Waals surface area (Å²) in [4.78, 5) is 29.0. The minimum Gasteiger partial charge on any atom is -0.324 e. The predicted octanol–water partition coefficient (Wildman–Crippen LogP) is 2.64. The van der Waals surface area contributed by atoms with Gasteiger partial charge in [-0.3, -0.25) is 19.9 Å². The summed E-state index contributed by atoms with van der Waals surface area (Å²) in [6.45, 7) is 1.86. The lowest BCUT2D eigenvalue weighted by molar-refractivity contribution is 0.881. The van der Waals surface area contributed by atoms with Gasteiger partial charge in [0.1, 0.15) is 5.82 Å². The molecule has 0 radical (unpaired) electrons. The first-order chi connectivity index (χ1) is 11.5. The average Bonchev–Trinajstić information content (AvgIpc) is 2.86. The number of aromatic nitrogens is 4. The number of hydrogen-bond acceptors (Lipinski definition) is 4. The molecule has 1 atom stereocenters. The number of H-pyrrole nitrogens is 3. The van der Waals surface area contributed by atoms with Crippen LogP contribution in [0.1, 0.15) is 28.3 Å². The lowest BCUT2D eigenvalue weighted by Crippen LogP contribution is -2.31. The number of aromatic amines is 3. The minimum atomic E-state index is -0.595. The lowest BCUT2D eigenvalue weighted by Gasteiger charge is -2.26. The molecule has 0 saturated carbocycles. The predicted molar refractivity (Wildman–Crippen MR) is 91.7 cm³/mol. The van der Waals surface area contributed by atoms with E-state index in [1.54, 1.807) is 18.2 Å². The fourth-order valence-electron chi connectivity index (χ4n) is 3.07. The van der Waals surface area contributed by atoms with Crippen LogP contribution in [-0.2, 0) is 0 Å². The van der Waals surface area contributed by atoms with E-state index in [0.717, 1.165) is 11.3 Å². The molecule has 0 saturated heterocycles. The topological polar surface area (TPSA) is 106 Å².